The number of rotatable bonds is 13. The number of nitriles is 2. The quantitative estimate of drug-likeness (QED) is 0.0517. The fourth-order valence-electron chi connectivity index (χ4n) is 6.99. The fraction of sp³-hybridized carbons (Fsp3) is 0.162. The molecule has 0 unspecified atom stereocenters. The van der Waals surface area contributed by atoms with Gasteiger partial charge in [0.2, 0.25) is 0 Å². The Labute approximate surface area is 606 Å². The monoisotopic (exact) mass is 1680 g/mol. The number of nitrogens with zero attached hydrogens (tertiary/aromatic N) is 2. The van der Waals surface area contributed by atoms with Crippen LogP contribution in [0.2, 0.25) is 0 Å². The Balaban J connectivity index is -0.000000329. The Morgan fingerprint density at radius 1 is 0.293 bits per heavy atom. The van der Waals surface area contributed by atoms with E-state index in [2.05, 4.69) is 315 Å². The molecule has 0 fully saturated rings. The number of benzene rings is 9. The van der Waals surface area contributed by atoms with E-state index in [-0.39, 0.29) is 78.3 Å². The van der Waals surface area contributed by atoms with Gasteiger partial charge in [0.05, 0.1) is 48.9 Å². The molecule has 0 heterocycles. The smallest absolute Gasteiger partial charge is 0.0620 e. The molecule has 0 radical (unpaired) electrons. The predicted molar refractivity (Wildman–Crippen MR) is 408 cm³/mol. The first-order valence-electron chi connectivity index (χ1n) is 28.4. The van der Waals surface area contributed by atoms with Gasteiger partial charge in [-0.15, -0.1) is 0 Å². The largest absolute Gasteiger partial charge is 0.102 e. The van der Waals surface area contributed by atoms with E-state index in [9.17, 15) is 0 Å². The van der Waals surface area contributed by atoms with Gasteiger partial charge in [0.25, 0.3) is 0 Å². The van der Waals surface area contributed by atoms with Crippen molar-refractivity contribution < 1.29 is 65.9 Å². The van der Waals surface area contributed by atoms with Crippen LogP contribution < -0.4 is 47.7 Å². The molecule has 4 N–H and O–H groups in total. The molecule has 6 nitrogen and oxygen atoms in total. The van der Waals surface area contributed by atoms with Crippen LogP contribution in [0.4, 0.5) is 0 Å². The van der Waals surface area contributed by atoms with Crippen LogP contribution >= 0.6 is 81.9 Å². The zero-order valence-electron chi connectivity index (χ0n) is 52.9. The van der Waals surface area contributed by atoms with Gasteiger partial charge in [0.1, 0.15) is 47.7 Å². The van der Waals surface area contributed by atoms with E-state index in [4.69, 9.17) is 89.1 Å². The number of aliphatic hydroxyl groups is 4. The molecule has 0 bridgehead atoms. The molecule has 92 heavy (non-hydrogen) atoms. The molecule has 0 aliphatic heterocycles. The van der Waals surface area contributed by atoms with Crippen molar-refractivity contribution in [3.8, 4) is 12.1 Å². The molecule has 9 aromatic carbocycles. The molecule has 9 rings (SSSR count). The van der Waals surface area contributed by atoms with Crippen LogP contribution in [0.3, 0.4) is 0 Å². The first-order valence-corrected chi connectivity index (χ1v) is 46.4. The van der Waals surface area contributed by atoms with Crippen molar-refractivity contribution in [3.05, 3.63) is 315 Å². The third-order valence-electron chi connectivity index (χ3n) is 10.3. The van der Waals surface area contributed by atoms with Gasteiger partial charge in [0.15, 0.2) is 0 Å². The molecule has 0 saturated heterocycles. The summed E-state index contributed by atoms with van der Waals surface area (Å²) in [6.07, 6.45) is 2.12. The van der Waals surface area contributed by atoms with Crippen LogP contribution in [0.15, 0.2) is 273 Å². The van der Waals surface area contributed by atoms with Crippen molar-refractivity contribution in [1.29, 1.82) is 10.5 Å². The van der Waals surface area contributed by atoms with Crippen LogP contribution in [0.1, 0.15) is 53.4 Å². The van der Waals surface area contributed by atoms with Gasteiger partial charge in [0, 0.05) is 26.7 Å². The number of hydrogen-bond donors (Lipinski definition) is 4. The topological polar surface area (TPSA) is 128 Å². The average molecular weight is 1680 g/mol. The standard InChI is InChI=1S/3C18H15P.C3H5NO.3C3H7O.C2H3N.3C2H5.6ClH.3Ru/c3*1-4-10-16(11-5-1)19(17-12-6-2-7-13-17)18-14-8-3-9-15-18;4-2-1-3-5;3*1-2-3-4;1-2-3;3*1-2;;;;;;;;;/h3*1-15H;5H,1,3H2;3*4H,1-3H2;1H3;3*1H2,2H3;6*1H;;;/q;;;;3*-1;;3*-1;;;;;;;3*+2/p-3. The number of aliphatic hydroxyl groups excluding tert-OH is 4. The third-order valence-corrected chi connectivity index (χ3v) is 18.5. The normalized spacial score (nSPS) is 8.88. The first kappa shape index (κ1) is 97.4. The second-order valence-corrected chi connectivity index (χ2v) is 31.5. The van der Waals surface area contributed by atoms with Gasteiger partial charge >= 0.3 is 104 Å². The molecule has 0 saturated carbocycles. The van der Waals surface area contributed by atoms with Crippen LogP contribution in [-0.4, -0.2) is 46.9 Å². The summed E-state index contributed by atoms with van der Waals surface area (Å²) in [5, 5.41) is 59.2. The van der Waals surface area contributed by atoms with E-state index in [0.717, 1.165) is 0 Å². The predicted octanol–water partition coefficient (Wildman–Crippen LogP) is 17.2. The fourth-order valence-corrected chi connectivity index (χ4v) is 14.7. The summed E-state index contributed by atoms with van der Waals surface area (Å²) in [5.41, 5.74) is 0. The average Bonchev–Trinajstić information content (AvgIpc) is 3.77. The van der Waals surface area contributed by atoms with Gasteiger partial charge in [-0.3, -0.25) is 0 Å². The van der Waals surface area contributed by atoms with Crippen molar-refractivity contribution in [2.45, 2.75) is 53.4 Å². The minimum absolute atomic E-state index is 0.0174. The summed E-state index contributed by atoms with van der Waals surface area (Å²) >= 11 is -1.04. The van der Waals surface area contributed by atoms with E-state index in [1.54, 1.807) is 32.9 Å². The van der Waals surface area contributed by atoms with E-state index >= 15 is 0 Å². The van der Waals surface area contributed by atoms with Crippen molar-refractivity contribution >= 4 is 130 Å². The summed E-state index contributed by atoms with van der Waals surface area (Å²) < 4.78 is 0. The molecular weight excluding hydrogens is 1590 g/mol. The maximum absolute atomic E-state index is 7.84. The Morgan fingerprint density at radius 2 is 0.391 bits per heavy atom. The Bertz CT molecular complexity index is 2320. The van der Waals surface area contributed by atoms with Gasteiger partial charge in [-0.2, -0.15) is 50.6 Å². The molecule has 0 spiro atoms. The van der Waals surface area contributed by atoms with E-state index < -0.39 is 23.8 Å². The van der Waals surface area contributed by atoms with Gasteiger partial charge in [-0.1, -0.05) is 164 Å². The van der Waals surface area contributed by atoms with Gasteiger partial charge < -0.3 is 62.0 Å². The Morgan fingerprint density at radius 3 is 0.446 bits per heavy atom. The number of halogens is 6. The second-order valence-electron chi connectivity index (χ2n) is 16.2. The van der Waals surface area contributed by atoms with Crippen molar-refractivity contribution in [3.63, 3.8) is 0 Å². The summed E-state index contributed by atoms with van der Waals surface area (Å²) in [6.45, 7) is 27.1. The molecular formula is C74H92Cl6N2O4P3Ru3-3. The third kappa shape index (κ3) is 52.9. The summed E-state index contributed by atoms with van der Waals surface area (Å²) in [7, 11) is 26.5. The SMILES string of the molecule is CC#N.N#CCCO.[CH2-]C.[CH2-]C.[CH2-]C.[CH2-]CCO.[CH2-]CCO.[CH2-]CCO.[Cl][Ru][Cl].[Cl][Ru][Cl].[Cl][Ru][Cl].c1ccc([PH+](c2ccccc2)c2ccccc2)cc1.c1ccc([PH+](c2ccccc2)c2ccccc2)cc1.c1ccc([PH+](c2ccccc2)c2ccccc2)cc1. The number of hydrogen-bond acceptors (Lipinski definition) is 6. The molecule has 18 heteroatoms. The minimum atomic E-state index is -0.877. The van der Waals surface area contributed by atoms with Gasteiger partial charge in [-0.25, -0.2) is 0 Å². The molecule has 0 atom stereocenters. The molecule has 0 amide bonds. The summed E-state index contributed by atoms with van der Waals surface area (Å²) in [5.74, 6) is 0. The summed E-state index contributed by atoms with van der Waals surface area (Å²) in [6, 6.07) is 101. The van der Waals surface area contributed by atoms with Crippen LogP contribution in [0, 0.1) is 64.2 Å². The molecule has 9 aromatic rings. The van der Waals surface area contributed by atoms with Crippen molar-refractivity contribution in [1.82, 2.24) is 0 Å². The van der Waals surface area contributed by atoms with Crippen LogP contribution in [-0.2, 0) is 45.4 Å². The maximum atomic E-state index is 7.84. The molecule has 506 valence electrons. The molecule has 0 aliphatic carbocycles. The zero-order valence-corrected chi connectivity index (χ0v) is 65.6. The van der Waals surface area contributed by atoms with Crippen LogP contribution in [0.25, 0.3) is 0 Å². The minimum Gasteiger partial charge on any atom is -0.0620 e. The first-order chi connectivity index (χ1) is 45.2. The Kier molecular flexibility index (Phi) is 84.8. The van der Waals surface area contributed by atoms with Crippen molar-refractivity contribution in [2.75, 3.05) is 26.4 Å². The van der Waals surface area contributed by atoms with Crippen molar-refractivity contribution in [2.24, 2.45) is 0 Å². The van der Waals surface area contributed by atoms with Gasteiger partial charge in [-0.05, 0) is 109 Å². The molecule has 0 aromatic heterocycles. The van der Waals surface area contributed by atoms with E-state index in [1.807, 2.05) is 0 Å². The molecule has 0 aliphatic rings. The second kappa shape index (κ2) is 80.1. The Hall–Kier alpha value is -3.30. The van der Waals surface area contributed by atoms with E-state index in [0.29, 0.717) is 19.3 Å². The summed E-state index contributed by atoms with van der Waals surface area (Å²) in [4.78, 5) is 0. The van der Waals surface area contributed by atoms with Crippen LogP contribution in [0.5, 0.6) is 0 Å². The van der Waals surface area contributed by atoms with E-state index in [1.165, 1.54) is 54.7 Å². The maximum Gasteiger partial charge on any atom is 0.102 e. The zero-order chi connectivity index (χ0) is 69.9.